The van der Waals surface area contributed by atoms with Crippen molar-refractivity contribution in [1.29, 1.82) is 0 Å². The molecule has 3 heteroatoms. The zero-order valence-electron chi connectivity index (χ0n) is 12.6. The van der Waals surface area contributed by atoms with E-state index in [1.54, 1.807) is 0 Å². The van der Waals surface area contributed by atoms with E-state index in [4.69, 9.17) is 10.5 Å². The third-order valence-corrected chi connectivity index (χ3v) is 4.18. The Morgan fingerprint density at radius 3 is 2.50 bits per heavy atom. The summed E-state index contributed by atoms with van der Waals surface area (Å²) in [5, 5.41) is 0. The molecule has 0 aromatic heterocycles. The van der Waals surface area contributed by atoms with Gasteiger partial charge in [0.05, 0.1) is 5.92 Å². The number of hydrogen-bond donors (Lipinski definition) is 1. The first-order chi connectivity index (χ1) is 9.45. The van der Waals surface area contributed by atoms with Crippen LogP contribution in [-0.4, -0.2) is 12.1 Å². The van der Waals surface area contributed by atoms with Crippen LogP contribution in [0.15, 0.2) is 24.3 Å². The van der Waals surface area contributed by atoms with Crippen molar-refractivity contribution in [3.63, 3.8) is 0 Å². The second-order valence-corrected chi connectivity index (χ2v) is 6.37. The van der Waals surface area contributed by atoms with E-state index in [2.05, 4.69) is 13.8 Å². The summed E-state index contributed by atoms with van der Waals surface area (Å²) in [6, 6.07) is 7.47. The van der Waals surface area contributed by atoms with Crippen LogP contribution < -0.4 is 5.73 Å². The van der Waals surface area contributed by atoms with Gasteiger partial charge in [-0.2, -0.15) is 0 Å². The molecule has 2 N–H and O–H groups in total. The zero-order chi connectivity index (χ0) is 14.7. The number of nitrogen functional groups attached to an aromatic ring is 1. The average Bonchev–Trinajstić information content (AvgIpc) is 2.36. The van der Waals surface area contributed by atoms with Gasteiger partial charge in [-0.25, -0.2) is 0 Å². The van der Waals surface area contributed by atoms with Gasteiger partial charge in [0.25, 0.3) is 0 Å². The summed E-state index contributed by atoms with van der Waals surface area (Å²) in [4.78, 5) is 12.3. The molecule has 1 aliphatic carbocycles. The largest absolute Gasteiger partial charge is 0.462 e. The first-order valence-electron chi connectivity index (χ1n) is 7.51. The van der Waals surface area contributed by atoms with E-state index in [0.29, 0.717) is 17.5 Å². The van der Waals surface area contributed by atoms with Gasteiger partial charge in [-0.1, -0.05) is 26.0 Å². The molecular weight excluding hydrogens is 250 g/mol. The van der Waals surface area contributed by atoms with Crippen LogP contribution >= 0.6 is 0 Å². The van der Waals surface area contributed by atoms with Gasteiger partial charge in [-0.3, -0.25) is 4.79 Å². The topological polar surface area (TPSA) is 52.3 Å². The highest BCUT2D eigenvalue weighted by Crippen LogP contribution is 2.31. The van der Waals surface area contributed by atoms with Crippen LogP contribution in [0.1, 0.15) is 51.5 Å². The lowest BCUT2D eigenvalue weighted by atomic mass is 9.82. The molecule has 2 rings (SSSR count). The first-order valence-corrected chi connectivity index (χ1v) is 7.51. The van der Waals surface area contributed by atoms with E-state index in [1.807, 2.05) is 31.2 Å². The maximum absolute atomic E-state index is 12.3. The molecule has 0 aliphatic heterocycles. The third-order valence-electron chi connectivity index (χ3n) is 4.18. The molecule has 1 aromatic carbocycles. The third kappa shape index (κ3) is 3.75. The van der Waals surface area contributed by atoms with Gasteiger partial charge in [-0.05, 0) is 55.7 Å². The van der Waals surface area contributed by atoms with E-state index in [0.717, 1.165) is 18.4 Å². The second-order valence-electron chi connectivity index (χ2n) is 6.37. The predicted octanol–water partition coefficient (Wildman–Crippen LogP) is 3.74. The molecule has 0 bridgehead atoms. The van der Waals surface area contributed by atoms with Crippen molar-refractivity contribution in [1.82, 2.24) is 0 Å². The van der Waals surface area contributed by atoms with Crippen molar-refractivity contribution >= 4 is 11.7 Å². The van der Waals surface area contributed by atoms with E-state index in [-0.39, 0.29) is 18.0 Å². The van der Waals surface area contributed by atoms with Crippen LogP contribution in [0, 0.1) is 11.8 Å². The Balaban J connectivity index is 1.97. The van der Waals surface area contributed by atoms with Crippen LogP contribution in [0.4, 0.5) is 5.69 Å². The molecule has 0 amide bonds. The zero-order valence-corrected chi connectivity index (χ0v) is 12.6. The molecule has 1 saturated carbocycles. The van der Waals surface area contributed by atoms with E-state index in [1.165, 1.54) is 6.42 Å². The summed E-state index contributed by atoms with van der Waals surface area (Å²) < 4.78 is 5.71. The molecule has 0 spiro atoms. The van der Waals surface area contributed by atoms with E-state index < -0.39 is 0 Å². The predicted molar refractivity (Wildman–Crippen MR) is 81.3 cm³/mol. The maximum atomic E-state index is 12.3. The summed E-state index contributed by atoms with van der Waals surface area (Å²) in [6.07, 6.45) is 3.28. The van der Waals surface area contributed by atoms with Crippen molar-refractivity contribution in [2.45, 2.75) is 52.1 Å². The van der Waals surface area contributed by atoms with Crippen molar-refractivity contribution < 1.29 is 9.53 Å². The minimum Gasteiger partial charge on any atom is -0.462 e. The lowest BCUT2D eigenvalue weighted by Crippen LogP contribution is -2.30. The lowest BCUT2D eigenvalue weighted by molar-refractivity contribution is -0.153. The number of benzene rings is 1. The number of rotatable bonds is 3. The van der Waals surface area contributed by atoms with E-state index >= 15 is 0 Å². The average molecular weight is 275 g/mol. The monoisotopic (exact) mass is 275 g/mol. The summed E-state index contributed by atoms with van der Waals surface area (Å²) >= 11 is 0. The first kappa shape index (κ1) is 14.9. The van der Waals surface area contributed by atoms with Crippen molar-refractivity contribution in [3.8, 4) is 0 Å². The molecule has 110 valence electrons. The van der Waals surface area contributed by atoms with Crippen LogP contribution in [0.2, 0.25) is 0 Å². The van der Waals surface area contributed by atoms with Crippen molar-refractivity contribution in [3.05, 3.63) is 29.8 Å². The number of hydrogen-bond acceptors (Lipinski definition) is 3. The van der Waals surface area contributed by atoms with Gasteiger partial charge < -0.3 is 10.5 Å². The van der Waals surface area contributed by atoms with Gasteiger partial charge in [-0.15, -0.1) is 0 Å². The van der Waals surface area contributed by atoms with Gasteiger partial charge in [0.15, 0.2) is 0 Å². The maximum Gasteiger partial charge on any atom is 0.313 e. The van der Waals surface area contributed by atoms with Crippen LogP contribution in [-0.2, 0) is 9.53 Å². The molecule has 3 nitrogen and oxygen atoms in total. The molecule has 20 heavy (non-hydrogen) atoms. The molecule has 3 atom stereocenters. The van der Waals surface area contributed by atoms with Crippen LogP contribution in [0.5, 0.6) is 0 Å². The fourth-order valence-electron chi connectivity index (χ4n) is 3.20. The number of anilines is 1. The van der Waals surface area contributed by atoms with Gasteiger partial charge in [0, 0.05) is 5.69 Å². The highest BCUT2D eigenvalue weighted by molar-refractivity contribution is 5.78. The van der Waals surface area contributed by atoms with Gasteiger partial charge in [0.1, 0.15) is 6.10 Å². The Morgan fingerprint density at radius 1 is 1.25 bits per heavy atom. The van der Waals surface area contributed by atoms with Crippen molar-refractivity contribution in [2.75, 3.05) is 5.73 Å². The quantitative estimate of drug-likeness (QED) is 0.675. The van der Waals surface area contributed by atoms with Crippen LogP contribution in [0.3, 0.4) is 0 Å². The van der Waals surface area contributed by atoms with Crippen molar-refractivity contribution in [2.24, 2.45) is 11.8 Å². The normalized spacial score (nSPS) is 27.9. The molecule has 0 radical (unpaired) electrons. The van der Waals surface area contributed by atoms with Gasteiger partial charge in [0.2, 0.25) is 0 Å². The van der Waals surface area contributed by atoms with Gasteiger partial charge >= 0.3 is 5.97 Å². The molecule has 1 aromatic rings. The summed E-state index contributed by atoms with van der Waals surface area (Å²) in [6.45, 7) is 6.35. The smallest absolute Gasteiger partial charge is 0.313 e. The molecule has 3 unspecified atom stereocenters. The van der Waals surface area contributed by atoms with Crippen LogP contribution in [0.25, 0.3) is 0 Å². The highest BCUT2D eigenvalue weighted by atomic mass is 16.5. The fraction of sp³-hybridized carbons (Fsp3) is 0.588. The molecular formula is C17H25NO2. The Labute approximate surface area is 121 Å². The van der Waals surface area contributed by atoms with E-state index in [9.17, 15) is 4.79 Å². The molecule has 0 heterocycles. The molecule has 1 aliphatic rings. The summed E-state index contributed by atoms with van der Waals surface area (Å²) in [5.74, 6) is 0.881. The Kier molecular flexibility index (Phi) is 4.69. The summed E-state index contributed by atoms with van der Waals surface area (Å²) in [7, 11) is 0. The number of esters is 1. The Hall–Kier alpha value is -1.51. The SMILES string of the molecule is CC1CC(C)CC(OC(=O)C(C)c2cccc(N)c2)C1. The minimum atomic E-state index is -0.258. The Bertz CT molecular complexity index is 462. The standard InChI is InChI=1S/C17H25NO2/c1-11-7-12(2)9-16(8-11)20-17(19)13(3)14-5-4-6-15(18)10-14/h4-6,10-13,16H,7-9,18H2,1-3H3. The lowest BCUT2D eigenvalue weighted by Gasteiger charge is -2.31. The highest BCUT2D eigenvalue weighted by Gasteiger charge is 2.28. The molecule has 0 saturated heterocycles. The summed E-state index contributed by atoms with van der Waals surface area (Å²) in [5.41, 5.74) is 7.37. The molecule has 1 fully saturated rings. The Morgan fingerprint density at radius 2 is 1.90 bits per heavy atom. The number of carbonyl (C=O) groups excluding carboxylic acids is 1. The second kappa shape index (κ2) is 6.29. The minimum absolute atomic E-state index is 0.0739. The fourth-order valence-corrected chi connectivity index (χ4v) is 3.20. The number of ether oxygens (including phenoxy) is 1. The number of carbonyl (C=O) groups is 1. The number of nitrogens with two attached hydrogens (primary N) is 1.